The fourth-order valence-corrected chi connectivity index (χ4v) is 3.01. The highest BCUT2D eigenvalue weighted by molar-refractivity contribution is 6.10. The average Bonchev–Trinajstić information content (AvgIpc) is 3.24. The lowest BCUT2D eigenvalue weighted by molar-refractivity contribution is -0.122. The summed E-state index contributed by atoms with van der Waals surface area (Å²) in [6.07, 6.45) is 1.77. The van der Waals surface area contributed by atoms with Crippen molar-refractivity contribution in [3.63, 3.8) is 0 Å². The molecule has 26 heavy (non-hydrogen) atoms. The molecule has 0 saturated heterocycles. The van der Waals surface area contributed by atoms with Crippen LogP contribution in [-0.4, -0.2) is 28.4 Å². The second kappa shape index (κ2) is 8.08. The van der Waals surface area contributed by atoms with E-state index in [2.05, 4.69) is 15.5 Å². The first-order valence-electron chi connectivity index (χ1n) is 8.94. The van der Waals surface area contributed by atoms with Gasteiger partial charge in [-0.1, -0.05) is 49.3 Å². The van der Waals surface area contributed by atoms with Crippen LogP contribution in [0.5, 0.6) is 0 Å². The normalized spacial score (nSPS) is 14.3. The first-order chi connectivity index (χ1) is 12.5. The largest absolute Gasteiger partial charge is 0.355 e. The Morgan fingerprint density at radius 1 is 1.23 bits per heavy atom. The van der Waals surface area contributed by atoms with Crippen LogP contribution in [0.2, 0.25) is 0 Å². The van der Waals surface area contributed by atoms with E-state index < -0.39 is 0 Å². The number of amides is 1. The molecule has 0 atom stereocenters. The van der Waals surface area contributed by atoms with Crippen molar-refractivity contribution in [1.29, 1.82) is 0 Å². The summed E-state index contributed by atoms with van der Waals surface area (Å²) in [5.74, 6) is 1.29. The van der Waals surface area contributed by atoms with Crippen LogP contribution in [0, 0.1) is 0 Å². The topological polar surface area (TPSA) is 85.1 Å². The van der Waals surface area contributed by atoms with Crippen molar-refractivity contribution in [2.24, 2.45) is 0 Å². The third-order valence-corrected chi connectivity index (χ3v) is 4.42. The lowest BCUT2D eigenvalue weighted by atomic mass is 10.00. The number of nitrogens with zero attached hydrogens (tertiary/aromatic N) is 2. The number of carbonyl (C=O) groups is 2. The molecule has 0 spiro atoms. The average molecular weight is 353 g/mol. The SMILES string of the molecule is CC(C)c1noc(CCNC(=O)CC2=C(c3ccccc3)CCC2=O)n1. The van der Waals surface area contributed by atoms with Crippen LogP contribution in [0.1, 0.15) is 56.3 Å². The van der Waals surface area contributed by atoms with E-state index in [0.717, 1.165) is 11.1 Å². The van der Waals surface area contributed by atoms with Gasteiger partial charge in [0.1, 0.15) is 0 Å². The number of aromatic nitrogens is 2. The number of hydrogen-bond donors (Lipinski definition) is 1. The van der Waals surface area contributed by atoms with Gasteiger partial charge in [-0.05, 0) is 17.6 Å². The summed E-state index contributed by atoms with van der Waals surface area (Å²) in [5.41, 5.74) is 2.64. The molecule has 1 heterocycles. The van der Waals surface area contributed by atoms with Crippen LogP contribution >= 0.6 is 0 Å². The molecule has 2 aromatic rings. The number of benzene rings is 1. The van der Waals surface area contributed by atoms with Gasteiger partial charge in [0.15, 0.2) is 11.6 Å². The van der Waals surface area contributed by atoms with Gasteiger partial charge in [0.2, 0.25) is 11.8 Å². The number of ketones is 1. The molecule has 1 aromatic heterocycles. The van der Waals surface area contributed by atoms with Crippen molar-refractivity contribution in [3.8, 4) is 0 Å². The van der Waals surface area contributed by atoms with E-state index in [9.17, 15) is 9.59 Å². The van der Waals surface area contributed by atoms with Crippen LogP contribution in [0.15, 0.2) is 40.4 Å². The summed E-state index contributed by atoms with van der Waals surface area (Å²) in [5, 5.41) is 6.74. The smallest absolute Gasteiger partial charge is 0.228 e. The molecule has 1 aromatic carbocycles. The third kappa shape index (κ3) is 4.25. The fraction of sp³-hybridized carbons (Fsp3) is 0.400. The molecule has 136 valence electrons. The number of allylic oxidation sites excluding steroid dienone is 1. The van der Waals surface area contributed by atoms with E-state index in [1.807, 2.05) is 44.2 Å². The van der Waals surface area contributed by atoms with Crippen LogP contribution < -0.4 is 5.32 Å². The molecule has 3 rings (SSSR count). The van der Waals surface area contributed by atoms with E-state index in [1.165, 1.54) is 0 Å². The highest BCUT2D eigenvalue weighted by Gasteiger charge is 2.25. The molecule has 0 unspecified atom stereocenters. The number of Topliss-reactive ketones (excluding diaryl/α,β-unsaturated/α-hetero) is 1. The number of rotatable bonds is 7. The van der Waals surface area contributed by atoms with Crippen molar-refractivity contribution in [2.45, 2.75) is 45.4 Å². The summed E-state index contributed by atoms with van der Waals surface area (Å²) in [4.78, 5) is 28.7. The maximum atomic E-state index is 12.3. The van der Waals surface area contributed by atoms with Crippen LogP contribution in [-0.2, 0) is 16.0 Å². The molecule has 0 bridgehead atoms. The zero-order valence-corrected chi connectivity index (χ0v) is 15.1. The Kier molecular flexibility index (Phi) is 5.61. The van der Waals surface area contributed by atoms with Gasteiger partial charge in [-0.2, -0.15) is 4.98 Å². The molecule has 1 aliphatic rings. The highest BCUT2D eigenvalue weighted by Crippen LogP contribution is 2.33. The molecule has 0 radical (unpaired) electrons. The number of nitrogens with one attached hydrogen (secondary N) is 1. The fourth-order valence-electron chi connectivity index (χ4n) is 3.01. The zero-order chi connectivity index (χ0) is 18.5. The minimum Gasteiger partial charge on any atom is -0.355 e. The maximum Gasteiger partial charge on any atom is 0.228 e. The number of hydrogen-bond acceptors (Lipinski definition) is 5. The second-order valence-corrected chi connectivity index (χ2v) is 6.72. The molecule has 0 saturated carbocycles. The number of carbonyl (C=O) groups excluding carboxylic acids is 2. The lowest BCUT2D eigenvalue weighted by Gasteiger charge is -2.07. The Morgan fingerprint density at radius 2 is 2.00 bits per heavy atom. The van der Waals surface area contributed by atoms with Crippen molar-refractivity contribution >= 4 is 17.3 Å². The van der Waals surface area contributed by atoms with Gasteiger partial charge in [-0.25, -0.2) is 0 Å². The zero-order valence-electron chi connectivity index (χ0n) is 15.1. The van der Waals surface area contributed by atoms with Crippen LogP contribution in [0.3, 0.4) is 0 Å². The van der Waals surface area contributed by atoms with Gasteiger partial charge >= 0.3 is 0 Å². The van der Waals surface area contributed by atoms with Gasteiger partial charge in [-0.15, -0.1) is 0 Å². The van der Waals surface area contributed by atoms with Crippen LogP contribution in [0.25, 0.3) is 5.57 Å². The molecule has 1 N–H and O–H groups in total. The minimum atomic E-state index is -0.160. The van der Waals surface area contributed by atoms with Crippen LogP contribution in [0.4, 0.5) is 0 Å². The molecule has 0 fully saturated rings. The summed E-state index contributed by atoms with van der Waals surface area (Å²) in [7, 11) is 0. The summed E-state index contributed by atoms with van der Waals surface area (Å²) in [6.45, 7) is 4.39. The highest BCUT2D eigenvalue weighted by atomic mass is 16.5. The van der Waals surface area contributed by atoms with E-state index in [1.54, 1.807) is 0 Å². The Bertz CT molecular complexity index is 822. The van der Waals surface area contributed by atoms with Gasteiger partial charge in [-0.3, -0.25) is 9.59 Å². The van der Waals surface area contributed by atoms with E-state index in [4.69, 9.17) is 4.52 Å². The molecular formula is C20H23N3O3. The molecule has 1 aliphatic carbocycles. The third-order valence-electron chi connectivity index (χ3n) is 4.42. The predicted octanol–water partition coefficient (Wildman–Crippen LogP) is 3.06. The van der Waals surface area contributed by atoms with Gasteiger partial charge in [0.05, 0.1) is 6.42 Å². The van der Waals surface area contributed by atoms with Gasteiger partial charge in [0.25, 0.3) is 0 Å². The molecule has 1 amide bonds. The molecule has 6 heteroatoms. The Morgan fingerprint density at radius 3 is 2.69 bits per heavy atom. The second-order valence-electron chi connectivity index (χ2n) is 6.72. The summed E-state index contributed by atoms with van der Waals surface area (Å²) in [6, 6.07) is 9.79. The molecule has 0 aliphatic heterocycles. The predicted molar refractivity (Wildman–Crippen MR) is 97.3 cm³/mol. The van der Waals surface area contributed by atoms with Crippen molar-refractivity contribution in [3.05, 3.63) is 53.2 Å². The van der Waals surface area contributed by atoms with E-state index in [0.29, 0.717) is 43.1 Å². The van der Waals surface area contributed by atoms with E-state index in [-0.39, 0.29) is 24.0 Å². The van der Waals surface area contributed by atoms with Crippen molar-refractivity contribution in [1.82, 2.24) is 15.5 Å². The summed E-state index contributed by atoms with van der Waals surface area (Å²) < 4.78 is 5.16. The quantitative estimate of drug-likeness (QED) is 0.827. The Balaban J connectivity index is 1.57. The minimum absolute atomic E-state index is 0.0671. The first kappa shape index (κ1) is 18.0. The van der Waals surface area contributed by atoms with Gasteiger partial charge < -0.3 is 9.84 Å². The van der Waals surface area contributed by atoms with E-state index >= 15 is 0 Å². The monoisotopic (exact) mass is 353 g/mol. The van der Waals surface area contributed by atoms with Crippen molar-refractivity contribution in [2.75, 3.05) is 6.54 Å². The summed E-state index contributed by atoms with van der Waals surface area (Å²) >= 11 is 0. The lowest BCUT2D eigenvalue weighted by Crippen LogP contribution is -2.26. The maximum absolute atomic E-state index is 12.3. The Labute approximate surface area is 152 Å². The molecule has 6 nitrogen and oxygen atoms in total. The standard InChI is InChI=1S/C20H23N3O3/c1-13(2)20-22-19(26-23-20)10-11-21-18(25)12-16-15(8-9-17(16)24)14-6-4-3-5-7-14/h3-7,13H,8-12H2,1-2H3,(H,21,25). The first-order valence-corrected chi connectivity index (χ1v) is 8.94. The Hall–Kier alpha value is -2.76. The van der Waals surface area contributed by atoms with Gasteiger partial charge in [0, 0.05) is 30.9 Å². The van der Waals surface area contributed by atoms with Crippen molar-refractivity contribution < 1.29 is 14.1 Å². The molecular weight excluding hydrogens is 330 g/mol.